The van der Waals surface area contributed by atoms with Crippen molar-refractivity contribution in [3.63, 3.8) is 0 Å². The Morgan fingerprint density at radius 2 is 1.65 bits per heavy atom. The molecule has 7 nitrogen and oxygen atoms in total. The smallest absolute Gasteiger partial charge is 0.232 e. The van der Waals surface area contributed by atoms with E-state index >= 15 is 0 Å². The summed E-state index contributed by atoms with van der Waals surface area (Å²) in [5.41, 5.74) is 1.76. The average molecular weight is 449 g/mol. The van der Waals surface area contributed by atoms with Crippen molar-refractivity contribution in [3.8, 4) is 11.5 Å². The summed E-state index contributed by atoms with van der Waals surface area (Å²) in [6, 6.07) is 14.7. The van der Waals surface area contributed by atoms with Crippen LogP contribution in [-0.2, 0) is 14.8 Å². The lowest BCUT2D eigenvalue weighted by Crippen LogP contribution is -2.32. The monoisotopic (exact) mass is 448 g/mol. The average Bonchev–Trinajstić information content (AvgIpc) is 2.74. The SMILES string of the molecule is COc1ccc(OCCNC(=O)CCCN(c2ccc(C(C)C)cc2)S(C)(=O)=O)cc1. The Morgan fingerprint density at radius 3 is 2.19 bits per heavy atom. The fourth-order valence-electron chi connectivity index (χ4n) is 3.01. The van der Waals surface area contributed by atoms with E-state index in [9.17, 15) is 13.2 Å². The van der Waals surface area contributed by atoms with E-state index in [2.05, 4.69) is 19.2 Å². The first-order valence-electron chi connectivity index (χ1n) is 10.3. The third-order valence-electron chi connectivity index (χ3n) is 4.77. The first kappa shape index (κ1) is 24.5. The van der Waals surface area contributed by atoms with Gasteiger partial charge in [0, 0.05) is 13.0 Å². The van der Waals surface area contributed by atoms with Crippen LogP contribution in [0, 0.1) is 0 Å². The third kappa shape index (κ3) is 8.13. The van der Waals surface area contributed by atoms with Gasteiger partial charge >= 0.3 is 0 Å². The van der Waals surface area contributed by atoms with Crippen molar-refractivity contribution in [2.24, 2.45) is 0 Å². The number of methoxy groups -OCH3 is 1. The van der Waals surface area contributed by atoms with E-state index in [1.54, 1.807) is 31.4 Å². The summed E-state index contributed by atoms with van der Waals surface area (Å²) < 4.78 is 36.4. The molecule has 0 saturated carbocycles. The maximum absolute atomic E-state index is 12.2. The molecule has 0 unspecified atom stereocenters. The fraction of sp³-hybridized carbons (Fsp3) is 0.435. The van der Waals surface area contributed by atoms with Gasteiger partial charge in [0.25, 0.3) is 0 Å². The Bertz CT molecular complexity index is 925. The molecule has 0 atom stereocenters. The van der Waals surface area contributed by atoms with Crippen molar-refractivity contribution < 1.29 is 22.7 Å². The molecule has 0 bridgehead atoms. The van der Waals surface area contributed by atoms with Crippen molar-refractivity contribution in [1.82, 2.24) is 5.32 Å². The van der Waals surface area contributed by atoms with Crippen molar-refractivity contribution in [3.05, 3.63) is 54.1 Å². The second-order valence-corrected chi connectivity index (χ2v) is 9.47. The number of amides is 1. The van der Waals surface area contributed by atoms with E-state index in [-0.39, 0.29) is 18.9 Å². The van der Waals surface area contributed by atoms with Gasteiger partial charge in [0.15, 0.2) is 0 Å². The zero-order valence-electron chi connectivity index (χ0n) is 18.6. The lowest BCUT2D eigenvalue weighted by atomic mass is 10.0. The van der Waals surface area contributed by atoms with Crippen LogP contribution in [0.4, 0.5) is 5.69 Å². The minimum absolute atomic E-state index is 0.137. The summed E-state index contributed by atoms with van der Waals surface area (Å²) in [5, 5.41) is 2.79. The lowest BCUT2D eigenvalue weighted by Gasteiger charge is -2.23. The predicted octanol–water partition coefficient (Wildman–Crippen LogP) is 3.56. The maximum atomic E-state index is 12.2. The number of carbonyl (C=O) groups is 1. The van der Waals surface area contributed by atoms with E-state index in [0.717, 1.165) is 11.3 Å². The van der Waals surface area contributed by atoms with Crippen LogP contribution in [0.25, 0.3) is 0 Å². The highest BCUT2D eigenvalue weighted by Crippen LogP contribution is 2.22. The van der Waals surface area contributed by atoms with Gasteiger partial charge in [0.2, 0.25) is 15.9 Å². The van der Waals surface area contributed by atoms with Gasteiger partial charge in [-0.2, -0.15) is 0 Å². The molecule has 0 fully saturated rings. The molecule has 2 rings (SSSR count). The highest BCUT2D eigenvalue weighted by Gasteiger charge is 2.17. The quantitative estimate of drug-likeness (QED) is 0.502. The summed E-state index contributed by atoms with van der Waals surface area (Å²) in [7, 11) is -1.83. The van der Waals surface area contributed by atoms with E-state index in [4.69, 9.17) is 9.47 Å². The lowest BCUT2D eigenvalue weighted by molar-refractivity contribution is -0.121. The normalized spacial score (nSPS) is 11.3. The molecule has 31 heavy (non-hydrogen) atoms. The number of ether oxygens (including phenoxy) is 2. The van der Waals surface area contributed by atoms with E-state index in [1.807, 2.05) is 24.3 Å². The van der Waals surface area contributed by atoms with Gasteiger partial charge in [-0.15, -0.1) is 0 Å². The summed E-state index contributed by atoms with van der Waals surface area (Å²) >= 11 is 0. The number of sulfonamides is 1. The van der Waals surface area contributed by atoms with Gasteiger partial charge in [-0.05, 0) is 54.3 Å². The Labute approximate surface area is 185 Å². The first-order valence-corrected chi connectivity index (χ1v) is 12.2. The molecule has 0 aromatic heterocycles. The largest absolute Gasteiger partial charge is 0.497 e. The minimum atomic E-state index is -3.43. The van der Waals surface area contributed by atoms with Crippen LogP contribution < -0.4 is 19.1 Å². The van der Waals surface area contributed by atoms with Crippen LogP contribution in [0.5, 0.6) is 11.5 Å². The van der Waals surface area contributed by atoms with Gasteiger partial charge in [-0.25, -0.2) is 8.42 Å². The Hall–Kier alpha value is -2.74. The number of nitrogens with zero attached hydrogens (tertiary/aromatic N) is 1. The predicted molar refractivity (Wildman–Crippen MR) is 123 cm³/mol. The Morgan fingerprint density at radius 1 is 1.03 bits per heavy atom. The summed E-state index contributed by atoms with van der Waals surface area (Å²) in [4.78, 5) is 12.1. The van der Waals surface area contributed by atoms with Crippen molar-refractivity contribution in [2.45, 2.75) is 32.6 Å². The molecule has 1 N–H and O–H groups in total. The zero-order chi connectivity index (χ0) is 22.9. The number of nitrogens with one attached hydrogen (secondary N) is 1. The van der Waals surface area contributed by atoms with E-state index < -0.39 is 10.0 Å². The zero-order valence-corrected chi connectivity index (χ0v) is 19.4. The molecule has 1 amide bonds. The number of hydrogen-bond acceptors (Lipinski definition) is 5. The Kier molecular flexibility index (Phi) is 9.18. The summed E-state index contributed by atoms with van der Waals surface area (Å²) in [6.07, 6.45) is 1.84. The van der Waals surface area contributed by atoms with Gasteiger partial charge in [-0.3, -0.25) is 9.10 Å². The number of hydrogen-bond donors (Lipinski definition) is 1. The van der Waals surface area contributed by atoms with Crippen LogP contribution in [0.3, 0.4) is 0 Å². The fourth-order valence-corrected chi connectivity index (χ4v) is 3.98. The molecule has 0 heterocycles. The number of carbonyl (C=O) groups excluding carboxylic acids is 1. The molecule has 0 spiro atoms. The minimum Gasteiger partial charge on any atom is -0.497 e. The molecule has 0 aliphatic rings. The second kappa shape index (κ2) is 11.6. The molecular formula is C23H32N2O5S. The summed E-state index contributed by atoms with van der Waals surface area (Å²) in [6.45, 7) is 5.14. The molecular weight excluding hydrogens is 416 g/mol. The van der Waals surface area contributed by atoms with Crippen LogP contribution in [0.1, 0.15) is 38.2 Å². The van der Waals surface area contributed by atoms with Crippen molar-refractivity contribution in [1.29, 1.82) is 0 Å². The van der Waals surface area contributed by atoms with Gasteiger partial charge in [0.1, 0.15) is 18.1 Å². The van der Waals surface area contributed by atoms with Crippen LogP contribution in [0.15, 0.2) is 48.5 Å². The molecule has 0 aliphatic carbocycles. The molecule has 0 aliphatic heterocycles. The molecule has 2 aromatic rings. The van der Waals surface area contributed by atoms with Gasteiger partial charge in [0.05, 0.1) is 25.6 Å². The molecule has 2 aromatic carbocycles. The first-order chi connectivity index (χ1) is 14.7. The molecule has 0 radical (unpaired) electrons. The molecule has 8 heteroatoms. The second-order valence-electron chi connectivity index (χ2n) is 7.56. The summed E-state index contributed by atoms with van der Waals surface area (Å²) in [5.74, 6) is 1.68. The third-order valence-corrected chi connectivity index (χ3v) is 5.96. The highest BCUT2D eigenvalue weighted by molar-refractivity contribution is 7.92. The van der Waals surface area contributed by atoms with Gasteiger partial charge in [-0.1, -0.05) is 26.0 Å². The topological polar surface area (TPSA) is 84.9 Å². The van der Waals surface area contributed by atoms with Crippen molar-refractivity contribution >= 4 is 21.6 Å². The van der Waals surface area contributed by atoms with E-state index in [1.165, 1.54) is 10.6 Å². The van der Waals surface area contributed by atoms with Crippen molar-refractivity contribution in [2.75, 3.05) is 37.4 Å². The maximum Gasteiger partial charge on any atom is 0.232 e. The highest BCUT2D eigenvalue weighted by atomic mass is 32.2. The molecule has 0 saturated heterocycles. The van der Waals surface area contributed by atoms with Crippen LogP contribution in [0.2, 0.25) is 0 Å². The number of benzene rings is 2. The van der Waals surface area contributed by atoms with Crippen LogP contribution >= 0.6 is 0 Å². The number of anilines is 1. The standard InChI is InChI=1S/C23H32N2O5S/c1-18(2)19-7-9-20(10-8-19)25(31(4,27)28)16-5-6-23(26)24-15-17-30-22-13-11-21(29-3)12-14-22/h7-14,18H,5-6,15-17H2,1-4H3,(H,24,26). The molecule has 170 valence electrons. The Balaban J connectivity index is 1.76. The van der Waals surface area contributed by atoms with E-state index in [0.29, 0.717) is 36.9 Å². The van der Waals surface area contributed by atoms with Gasteiger partial charge < -0.3 is 14.8 Å². The van der Waals surface area contributed by atoms with Crippen LogP contribution in [-0.4, -0.2) is 47.4 Å². The number of rotatable bonds is 12.